The molecular formula is C75H104N18O17S2. The van der Waals surface area contributed by atoms with Gasteiger partial charge < -0.3 is 112 Å². The lowest BCUT2D eigenvalue weighted by molar-refractivity contribution is -0.138. The van der Waals surface area contributed by atoms with E-state index in [2.05, 4.69) is 74.1 Å². The van der Waals surface area contributed by atoms with Crippen molar-refractivity contribution in [3.63, 3.8) is 0 Å². The molecule has 608 valence electrons. The van der Waals surface area contributed by atoms with Gasteiger partial charge in [0.05, 0.1) is 31.4 Å². The fourth-order valence-electron chi connectivity index (χ4n) is 11.7. The van der Waals surface area contributed by atoms with E-state index in [0.717, 1.165) is 28.5 Å². The second-order valence-corrected chi connectivity index (χ2v) is 29.7. The van der Waals surface area contributed by atoms with Gasteiger partial charge in [0, 0.05) is 54.3 Å². The Bertz CT molecular complexity index is 4000. The summed E-state index contributed by atoms with van der Waals surface area (Å²) in [5.41, 5.74) is 25.9. The zero-order valence-electron chi connectivity index (χ0n) is 62.7. The van der Waals surface area contributed by atoms with Crippen LogP contribution in [0.15, 0.2) is 121 Å². The highest BCUT2D eigenvalue weighted by atomic mass is 33.1. The Morgan fingerprint density at radius 2 is 0.866 bits per heavy atom. The first-order chi connectivity index (χ1) is 53.5. The molecule has 14 amide bonds. The highest BCUT2D eigenvalue weighted by molar-refractivity contribution is 8.76. The zero-order valence-corrected chi connectivity index (χ0v) is 64.3. The van der Waals surface area contributed by atoms with Crippen LogP contribution in [-0.2, 0) is 92.8 Å². The van der Waals surface area contributed by atoms with E-state index in [1.165, 1.54) is 20.8 Å². The predicted octanol–water partition coefficient (Wildman–Crippen LogP) is -4.37. The van der Waals surface area contributed by atoms with Crippen LogP contribution in [0.25, 0.3) is 10.9 Å². The number of carbonyl (C=O) groups is 14. The molecule has 1 saturated heterocycles. The van der Waals surface area contributed by atoms with Gasteiger partial charge in [-0.05, 0) is 108 Å². The van der Waals surface area contributed by atoms with Crippen LogP contribution in [0.5, 0.6) is 0 Å². The quantitative estimate of drug-likeness (QED) is 0.0205. The second-order valence-electron chi connectivity index (χ2n) is 27.2. The number of primary amides is 1. The lowest BCUT2D eigenvalue weighted by Crippen LogP contribution is -2.63. The van der Waals surface area contributed by atoms with Crippen LogP contribution in [0.3, 0.4) is 0 Å². The molecule has 37 heteroatoms. The number of hydrogen-bond donors (Lipinski definition) is 21. The maximum atomic E-state index is 15.3. The van der Waals surface area contributed by atoms with Gasteiger partial charge in [0.1, 0.15) is 72.5 Å². The Labute approximate surface area is 655 Å². The number of rotatable bonds is 24. The lowest BCUT2D eigenvalue weighted by atomic mass is 10.00. The number of carbonyl (C=O) groups excluding carboxylic acids is 14. The van der Waals surface area contributed by atoms with Gasteiger partial charge in [-0.2, -0.15) is 0 Å². The molecule has 112 heavy (non-hydrogen) atoms. The molecule has 0 spiro atoms. The van der Waals surface area contributed by atoms with Gasteiger partial charge >= 0.3 is 0 Å². The first-order valence-electron chi connectivity index (χ1n) is 36.7. The zero-order chi connectivity index (χ0) is 82.0. The van der Waals surface area contributed by atoms with Crippen LogP contribution >= 0.6 is 21.6 Å². The van der Waals surface area contributed by atoms with Crippen molar-refractivity contribution in [2.75, 3.05) is 37.7 Å². The number of hydrogen-bond acceptors (Lipinski definition) is 22. The van der Waals surface area contributed by atoms with E-state index in [-0.39, 0.29) is 76.0 Å². The summed E-state index contributed by atoms with van der Waals surface area (Å²) in [6.07, 6.45) is -1.82. The summed E-state index contributed by atoms with van der Waals surface area (Å²) in [5, 5.41) is 66.6. The average Bonchev–Trinajstić information content (AvgIpc) is 1.55. The normalized spacial score (nSPS) is 24.1. The largest absolute Gasteiger partial charge is 0.394 e. The number of fused-ring (bicyclic) bond motifs is 1. The van der Waals surface area contributed by atoms with Crippen molar-refractivity contribution in [3.8, 4) is 0 Å². The first kappa shape index (κ1) is 90.3. The lowest BCUT2D eigenvalue weighted by Gasteiger charge is -2.29. The maximum absolute atomic E-state index is 15.3. The van der Waals surface area contributed by atoms with E-state index in [0.29, 0.717) is 46.0 Å². The van der Waals surface area contributed by atoms with Gasteiger partial charge in [-0.1, -0.05) is 131 Å². The topological polar surface area (TPSA) is 576 Å². The maximum Gasteiger partial charge on any atom is 0.245 e. The Kier molecular flexibility index (Phi) is 37.4. The second kappa shape index (κ2) is 46.3. The Balaban J connectivity index is 1.44. The van der Waals surface area contributed by atoms with Crippen molar-refractivity contribution >= 4 is 115 Å². The third kappa shape index (κ3) is 29.3. The molecule has 0 bridgehead atoms. The van der Waals surface area contributed by atoms with Crippen molar-refractivity contribution in [1.82, 2.24) is 74.1 Å². The summed E-state index contributed by atoms with van der Waals surface area (Å²) in [7, 11) is 1.71. The minimum absolute atomic E-state index is 0.0716. The van der Waals surface area contributed by atoms with E-state index in [1.54, 1.807) is 121 Å². The number of aromatic amines is 1. The van der Waals surface area contributed by atoms with Crippen LogP contribution in [0.1, 0.15) is 88.5 Å². The van der Waals surface area contributed by atoms with Crippen LogP contribution in [0.4, 0.5) is 0 Å². The van der Waals surface area contributed by atoms with E-state index < -0.39 is 187 Å². The third-order valence-electron chi connectivity index (χ3n) is 18.0. The number of aliphatic hydroxyl groups is 3. The molecule has 1 aromatic heterocycles. The van der Waals surface area contributed by atoms with Gasteiger partial charge in [-0.25, -0.2) is 0 Å². The van der Waals surface area contributed by atoms with Crippen molar-refractivity contribution in [2.45, 2.75) is 183 Å². The summed E-state index contributed by atoms with van der Waals surface area (Å²) < 4.78 is 0. The van der Waals surface area contributed by atoms with Gasteiger partial charge in [-0.3, -0.25) is 67.1 Å². The molecule has 15 atom stereocenters. The van der Waals surface area contributed by atoms with E-state index in [4.69, 9.17) is 22.9 Å². The molecule has 0 radical (unpaired) electrons. The fraction of sp³-hybridized carbons (Fsp3) is 0.467. The SMILES string of the molecule is C[C@H](N)C(=O)NCC(=O)N[C@H]1CSSC[C@@H](C(N)=O)NC(=O)[C@H](CO)NC(=O)[C@H]([C@@H](C)O)NC(=O)[C@H](Cc2ccccc2)NC(=O)[C@H]([C@@H](C)O)NC(=O)[C@H](CCCCN)NC(=O)[C@H](Cc2c[nH]c3ccccc23)NC(=O)[C@H](Cc2ccccc2)NC(=O)[C@H](Cc2ccccc2)NC(=O)[C@H](C)NC(=O)[C@H](CCCCN)NC1=O. The van der Waals surface area contributed by atoms with E-state index >= 15 is 14.4 Å². The first-order valence-corrected chi connectivity index (χ1v) is 39.2. The van der Waals surface area contributed by atoms with Crippen LogP contribution in [-0.4, -0.2) is 232 Å². The number of para-hydroxylation sites is 1. The monoisotopic (exact) mass is 1590 g/mol. The van der Waals surface area contributed by atoms with Crippen LogP contribution < -0.4 is 92.1 Å². The molecule has 1 fully saturated rings. The molecule has 35 nitrogen and oxygen atoms in total. The van der Waals surface area contributed by atoms with Crippen molar-refractivity contribution in [1.29, 1.82) is 0 Å². The van der Waals surface area contributed by atoms with Crippen molar-refractivity contribution < 1.29 is 82.4 Å². The summed E-state index contributed by atoms with van der Waals surface area (Å²) in [6.45, 7) is 3.48. The Hall–Kier alpha value is -10.5. The van der Waals surface area contributed by atoms with Gasteiger partial charge in [0.15, 0.2) is 0 Å². The summed E-state index contributed by atoms with van der Waals surface area (Å²) in [5.74, 6) is -14.7. The van der Waals surface area contributed by atoms with Gasteiger partial charge in [0.2, 0.25) is 82.7 Å². The summed E-state index contributed by atoms with van der Waals surface area (Å²) >= 11 is 0. The third-order valence-corrected chi connectivity index (χ3v) is 20.5. The fourth-order valence-corrected chi connectivity index (χ4v) is 14.0. The van der Waals surface area contributed by atoms with Gasteiger partial charge in [0.25, 0.3) is 0 Å². The van der Waals surface area contributed by atoms with E-state index in [9.17, 15) is 68.1 Å². The minimum Gasteiger partial charge on any atom is -0.394 e. The van der Waals surface area contributed by atoms with Crippen LogP contribution in [0.2, 0.25) is 0 Å². The highest BCUT2D eigenvalue weighted by Crippen LogP contribution is 2.24. The number of aliphatic hydroxyl groups excluding tert-OH is 3. The average molecular weight is 1590 g/mol. The Morgan fingerprint density at radius 1 is 0.473 bits per heavy atom. The molecule has 0 saturated carbocycles. The number of aromatic nitrogens is 1. The molecule has 0 aliphatic carbocycles. The van der Waals surface area contributed by atoms with Crippen molar-refractivity contribution in [2.24, 2.45) is 22.9 Å². The highest BCUT2D eigenvalue weighted by Gasteiger charge is 2.39. The molecular weight excluding hydrogens is 1490 g/mol. The van der Waals surface area contributed by atoms with Gasteiger partial charge in [-0.15, -0.1) is 0 Å². The molecule has 0 unspecified atom stereocenters. The number of nitrogens with two attached hydrogens (primary N) is 4. The number of nitrogens with one attached hydrogen (secondary N) is 14. The molecule has 5 aromatic rings. The molecule has 1 aliphatic rings. The van der Waals surface area contributed by atoms with E-state index in [1.807, 2.05) is 0 Å². The molecule has 6 rings (SSSR count). The Morgan fingerprint density at radius 3 is 1.33 bits per heavy atom. The summed E-state index contributed by atoms with van der Waals surface area (Å²) in [6, 6.07) is 11.8. The number of unbranched alkanes of at least 4 members (excludes halogenated alkanes) is 2. The number of benzene rings is 4. The molecule has 4 aromatic carbocycles. The van der Waals surface area contributed by atoms with Crippen molar-refractivity contribution in [3.05, 3.63) is 144 Å². The summed E-state index contributed by atoms with van der Waals surface area (Å²) in [4.78, 5) is 203. The molecule has 1 aliphatic heterocycles. The predicted molar refractivity (Wildman–Crippen MR) is 418 cm³/mol. The smallest absolute Gasteiger partial charge is 0.245 e. The molecule has 25 N–H and O–H groups in total. The van der Waals surface area contributed by atoms with Crippen LogP contribution in [0, 0.1) is 0 Å². The standard InChI is InChI=1S/C75H104N18O17S2/c1-41(78)64(99)81-37-60(97)83-59-40-112-111-39-58(63(79)98)91-72(107)57(38-94)90-75(110)62(44(4)96)93-71(106)55(34-47-24-12-7-13-25-47)89-74(109)61(43(3)95)92-67(102)52(29-17-19-31-77)84-70(105)56(35-48-36-80-50-27-15-14-26-49(48)50)88-69(104)54(33-46-22-10-6-11-23-46)87-68(103)53(32-45-20-8-5-9-21-45)86-65(100)42(2)82-66(101)51(85-73(59)108)28-16-18-30-76/h5-15,20-27,36,41-44,51-59,61-62,80,94-96H,16-19,28-35,37-40,76-78H2,1-4H3,(H2,79,98)(H,81,99)(H,82,101)(H,83,97)(H,84,105)(H,85,108)(H,86,100)(H,87,103)(H,88,104)(H,89,109)(H,90,110)(H,91,107)(H,92,102)(H,93,106)/t41-,42-,43+,44+,51-,52-,53-,54-,55-,56-,57-,58-,59-,61-,62-/m0/s1. The minimum atomic E-state index is -1.94. The molecule has 2 heterocycles. The number of H-pyrrole nitrogens is 1. The number of amides is 14.